The maximum atomic E-state index is 4.45. The molecule has 0 aliphatic carbocycles. The van der Waals surface area contributed by atoms with Crippen LogP contribution in [0.3, 0.4) is 0 Å². The summed E-state index contributed by atoms with van der Waals surface area (Å²) < 4.78 is 0. The second-order valence-electron chi connectivity index (χ2n) is 3.23. The zero-order valence-corrected chi connectivity index (χ0v) is 9.64. The molecule has 15 heavy (non-hydrogen) atoms. The molecule has 2 aromatic heterocycles. The van der Waals surface area contributed by atoms with Crippen LogP contribution in [0.15, 0.2) is 23.7 Å². The van der Waals surface area contributed by atoms with Gasteiger partial charge in [0.1, 0.15) is 0 Å². The first-order valence-electron chi connectivity index (χ1n) is 4.92. The van der Waals surface area contributed by atoms with E-state index in [0.29, 0.717) is 5.95 Å². The second kappa shape index (κ2) is 4.40. The molecule has 0 aliphatic heterocycles. The number of nitrogens with zero attached hydrogens (tertiary/aromatic N) is 2. The third-order valence-corrected chi connectivity index (χ3v) is 3.12. The van der Waals surface area contributed by atoms with E-state index >= 15 is 0 Å². The molecule has 3 nitrogen and oxygen atoms in total. The van der Waals surface area contributed by atoms with E-state index < -0.39 is 0 Å². The van der Waals surface area contributed by atoms with Gasteiger partial charge in [-0.15, -0.1) is 11.3 Å². The molecule has 0 atom stereocenters. The van der Waals surface area contributed by atoms with E-state index in [9.17, 15) is 0 Å². The molecule has 4 heteroatoms. The third-order valence-electron chi connectivity index (χ3n) is 2.09. The minimum atomic E-state index is 0.697. The molecule has 0 saturated carbocycles. The van der Waals surface area contributed by atoms with E-state index in [1.807, 2.05) is 13.0 Å². The lowest BCUT2D eigenvalue weighted by atomic mass is 10.2. The largest absolute Gasteiger partial charge is 0.354 e. The number of hydrogen-bond donors (Lipinski definition) is 1. The maximum absolute atomic E-state index is 4.45. The highest BCUT2D eigenvalue weighted by Crippen LogP contribution is 2.27. The van der Waals surface area contributed by atoms with Crippen LogP contribution < -0.4 is 5.32 Å². The number of thiophene rings is 1. The van der Waals surface area contributed by atoms with E-state index in [0.717, 1.165) is 12.2 Å². The van der Waals surface area contributed by atoms with Gasteiger partial charge in [0.15, 0.2) is 0 Å². The number of rotatable bonds is 3. The first kappa shape index (κ1) is 10.1. The van der Waals surface area contributed by atoms with Crippen LogP contribution in [0.1, 0.15) is 12.5 Å². The summed E-state index contributed by atoms with van der Waals surface area (Å²) in [5.41, 5.74) is 2.26. The first-order chi connectivity index (χ1) is 7.31. The fourth-order valence-corrected chi connectivity index (χ4v) is 2.26. The van der Waals surface area contributed by atoms with E-state index in [1.54, 1.807) is 17.5 Å². The first-order valence-corrected chi connectivity index (χ1v) is 5.80. The molecule has 2 rings (SSSR count). The lowest BCUT2D eigenvalue weighted by Crippen LogP contribution is -2.01. The maximum Gasteiger partial charge on any atom is 0.223 e. The van der Waals surface area contributed by atoms with Gasteiger partial charge in [0.25, 0.3) is 0 Å². The quantitative estimate of drug-likeness (QED) is 0.862. The van der Waals surface area contributed by atoms with Gasteiger partial charge in [-0.1, -0.05) is 0 Å². The molecule has 0 saturated heterocycles. The minimum absolute atomic E-state index is 0.697. The van der Waals surface area contributed by atoms with Gasteiger partial charge in [-0.3, -0.25) is 0 Å². The topological polar surface area (TPSA) is 37.8 Å². The minimum Gasteiger partial charge on any atom is -0.354 e. The Hall–Kier alpha value is -1.42. The summed E-state index contributed by atoms with van der Waals surface area (Å²) in [5.74, 6) is 0.697. The van der Waals surface area contributed by atoms with Crippen molar-refractivity contribution in [3.8, 4) is 10.6 Å². The number of hydrogen-bond acceptors (Lipinski definition) is 4. The van der Waals surface area contributed by atoms with Crippen LogP contribution in [-0.2, 0) is 0 Å². The second-order valence-corrected chi connectivity index (χ2v) is 4.14. The molecule has 0 radical (unpaired) electrons. The standard InChI is InChI=1S/C11H13N3S/c1-3-12-11-13-6-4-9(14-11)10-8(2)5-7-15-10/h4-7H,3H2,1-2H3,(H,12,13,14). The Morgan fingerprint density at radius 1 is 1.40 bits per heavy atom. The van der Waals surface area contributed by atoms with Crippen molar-refractivity contribution < 1.29 is 0 Å². The van der Waals surface area contributed by atoms with Gasteiger partial charge in [0.05, 0.1) is 10.6 Å². The molecule has 0 spiro atoms. The van der Waals surface area contributed by atoms with Crippen molar-refractivity contribution in [2.45, 2.75) is 13.8 Å². The van der Waals surface area contributed by atoms with Crippen molar-refractivity contribution in [2.24, 2.45) is 0 Å². The third kappa shape index (κ3) is 2.15. The van der Waals surface area contributed by atoms with Gasteiger partial charge in [-0.25, -0.2) is 9.97 Å². The van der Waals surface area contributed by atoms with E-state index in [2.05, 4.69) is 33.7 Å². The Balaban J connectivity index is 2.37. The summed E-state index contributed by atoms with van der Waals surface area (Å²) in [4.78, 5) is 9.82. The number of aromatic nitrogens is 2. The molecule has 0 aromatic carbocycles. The molecular formula is C11H13N3S. The number of nitrogens with one attached hydrogen (secondary N) is 1. The Morgan fingerprint density at radius 2 is 2.27 bits per heavy atom. The molecular weight excluding hydrogens is 206 g/mol. The molecule has 0 unspecified atom stereocenters. The monoisotopic (exact) mass is 219 g/mol. The molecule has 0 fully saturated rings. The van der Waals surface area contributed by atoms with Crippen LogP contribution in [0.4, 0.5) is 5.95 Å². The van der Waals surface area contributed by atoms with E-state index in [-0.39, 0.29) is 0 Å². The Kier molecular flexibility index (Phi) is 2.97. The van der Waals surface area contributed by atoms with Crippen LogP contribution in [0.25, 0.3) is 10.6 Å². The van der Waals surface area contributed by atoms with Crippen LogP contribution in [0.5, 0.6) is 0 Å². The van der Waals surface area contributed by atoms with Crippen LogP contribution >= 0.6 is 11.3 Å². The van der Waals surface area contributed by atoms with Gasteiger partial charge in [0.2, 0.25) is 5.95 Å². The van der Waals surface area contributed by atoms with Crippen molar-refractivity contribution in [3.63, 3.8) is 0 Å². The van der Waals surface area contributed by atoms with Crippen molar-refractivity contribution >= 4 is 17.3 Å². The number of anilines is 1. The van der Waals surface area contributed by atoms with Crippen molar-refractivity contribution in [3.05, 3.63) is 29.3 Å². The highest BCUT2D eigenvalue weighted by atomic mass is 32.1. The zero-order chi connectivity index (χ0) is 10.7. The summed E-state index contributed by atoms with van der Waals surface area (Å²) >= 11 is 1.71. The predicted octanol–water partition coefficient (Wildman–Crippen LogP) is 2.95. The SMILES string of the molecule is CCNc1nccc(-c2sccc2C)n1. The summed E-state index contributed by atoms with van der Waals surface area (Å²) in [5, 5.41) is 5.19. The van der Waals surface area contributed by atoms with Gasteiger partial charge in [-0.2, -0.15) is 0 Å². The van der Waals surface area contributed by atoms with Crippen molar-refractivity contribution in [1.29, 1.82) is 0 Å². The van der Waals surface area contributed by atoms with E-state index in [4.69, 9.17) is 0 Å². The predicted molar refractivity (Wildman–Crippen MR) is 64.2 cm³/mol. The fraction of sp³-hybridized carbons (Fsp3) is 0.273. The van der Waals surface area contributed by atoms with Crippen molar-refractivity contribution in [2.75, 3.05) is 11.9 Å². The summed E-state index contributed by atoms with van der Waals surface area (Å²) in [7, 11) is 0. The molecule has 0 aliphatic rings. The Labute approximate surface area is 93.2 Å². The molecule has 0 bridgehead atoms. The molecule has 2 aromatic rings. The molecule has 2 heterocycles. The fourth-order valence-electron chi connectivity index (χ4n) is 1.36. The highest BCUT2D eigenvalue weighted by molar-refractivity contribution is 7.13. The summed E-state index contributed by atoms with van der Waals surface area (Å²) in [6.07, 6.45) is 1.79. The average molecular weight is 219 g/mol. The zero-order valence-electron chi connectivity index (χ0n) is 8.82. The van der Waals surface area contributed by atoms with Crippen LogP contribution in [-0.4, -0.2) is 16.5 Å². The Bertz CT molecular complexity index is 451. The Morgan fingerprint density at radius 3 is 2.93 bits per heavy atom. The van der Waals surface area contributed by atoms with Crippen molar-refractivity contribution in [1.82, 2.24) is 9.97 Å². The lowest BCUT2D eigenvalue weighted by molar-refractivity contribution is 1.09. The van der Waals surface area contributed by atoms with Gasteiger partial charge in [-0.05, 0) is 36.9 Å². The summed E-state index contributed by atoms with van der Waals surface area (Å²) in [6, 6.07) is 4.05. The van der Waals surface area contributed by atoms with Crippen LogP contribution in [0.2, 0.25) is 0 Å². The lowest BCUT2D eigenvalue weighted by Gasteiger charge is -2.03. The van der Waals surface area contributed by atoms with Gasteiger partial charge < -0.3 is 5.32 Å². The summed E-state index contributed by atoms with van der Waals surface area (Å²) in [6.45, 7) is 4.97. The van der Waals surface area contributed by atoms with Crippen LogP contribution in [0, 0.1) is 6.92 Å². The smallest absolute Gasteiger partial charge is 0.223 e. The molecule has 0 amide bonds. The number of aryl methyl sites for hydroxylation is 1. The molecule has 1 N–H and O–H groups in total. The molecule has 78 valence electrons. The normalized spacial score (nSPS) is 10.3. The highest BCUT2D eigenvalue weighted by Gasteiger charge is 2.05. The van der Waals surface area contributed by atoms with E-state index in [1.165, 1.54) is 10.4 Å². The van der Waals surface area contributed by atoms with Gasteiger partial charge >= 0.3 is 0 Å². The van der Waals surface area contributed by atoms with Gasteiger partial charge in [0, 0.05) is 12.7 Å². The average Bonchev–Trinajstić information content (AvgIpc) is 2.65.